The summed E-state index contributed by atoms with van der Waals surface area (Å²) in [4.78, 5) is 29.0. The zero-order valence-electron chi connectivity index (χ0n) is 15.3. The Labute approximate surface area is 162 Å². The topological polar surface area (TPSA) is 64.0 Å². The lowest BCUT2D eigenvalue weighted by atomic mass is 10.1. The van der Waals surface area contributed by atoms with Crippen LogP contribution in [-0.4, -0.2) is 21.2 Å². The first-order valence-corrected chi connectivity index (χ1v) is 9.71. The normalized spacial score (nSPS) is 10.6. The predicted molar refractivity (Wildman–Crippen MR) is 110 cm³/mol. The number of thioether (sulfide) groups is 1. The Hall–Kier alpha value is -2.86. The van der Waals surface area contributed by atoms with E-state index in [-0.39, 0.29) is 17.2 Å². The highest BCUT2D eigenvalue weighted by atomic mass is 32.2. The highest BCUT2D eigenvalue weighted by molar-refractivity contribution is 7.99. The lowest BCUT2D eigenvalue weighted by Gasteiger charge is -2.08. The number of hydrogen-bond acceptors (Lipinski definition) is 4. The Morgan fingerprint density at radius 3 is 2.48 bits per heavy atom. The van der Waals surface area contributed by atoms with Crippen molar-refractivity contribution in [1.29, 1.82) is 0 Å². The van der Waals surface area contributed by atoms with Crippen LogP contribution in [0.2, 0.25) is 0 Å². The van der Waals surface area contributed by atoms with Gasteiger partial charge >= 0.3 is 0 Å². The van der Waals surface area contributed by atoms with Crippen LogP contribution in [0, 0.1) is 6.92 Å². The van der Waals surface area contributed by atoms with Gasteiger partial charge in [-0.15, -0.1) is 0 Å². The van der Waals surface area contributed by atoms with Crippen molar-refractivity contribution in [3.05, 3.63) is 82.4 Å². The van der Waals surface area contributed by atoms with Crippen molar-refractivity contribution in [1.82, 2.24) is 9.55 Å². The second kappa shape index (κ2) is 8.68. The van der Waals surface area contributed by atoms with Crippen LogP contribution in [-0.2, 0) is 11.2 Å². The number of anilines is 1. The van der Waals surface area contributed by atoms with Crippen LogP contribution in [0.1, 0.15) is 18.1 Å². The van der Waals surface area contributed by atoms with E-state index in [1.807, 2.05) is 55.5 Å². The minimum atomic E-state index is -0.230. The first-order valence-electron chi connectivity index (χ1n) is 8.73. The minimum Gasteiger partial charge on any atom is -0.325 e. The van der Waals surface area contributed by atoms with Gasteiger partial charge in [-0.25, -0.2) is 4.98 Å². The molecule has 0 saturated heterocycles. The smallest absolute Gasteiger partial charge is 0.287 e. The third-order valence-corrected chi connectivity index (χ3v) is 5.07. The van der Waals surface area contributed by atoms with E-state index >= 15 is 0 Å². The molecular weight excluding hydrogens is 358 g/mol. The SMILES string of the molecule is CCc1ccc(NC(=O)CSc2nccn(-c3ccc(C)cc3)c2=O)cc1. The highest BCUT2D eigenvalue weighted by Gasteiger charge is 2.10. The van der Waals surface area contributed by atoms with Crippen molar-refractivity contribution in [2.45, 2.75) is 25.3 Å². The van der Waals surface area contributed by atoms with Crippen molar-refractivity contribution >= 4 is 23.4 Å². The summed E-state index contributed by atoms with van der Waals surface area (Å²) in [6, 6.07) is 15.4. The second-order valence-electron chi connectivity index (χ2n) is 6.13. The van der Waals surface area contributed by atoms with Crippen molar-refractivity contribution in [3.63, 3.8) is 0 Å². The minimum absolute atomic E-state index is 0.121. The molecule has 2 aromatic carbocycles. The Morgan fingerprint density at radius 1 is 1.11 bits per heavy atom. The molecule has 6 heteroatoms. The van der Waals surface area contributed by atoms with Gasteiger partial charge in [0.25, 0.3) is 5.56 Å². The first-order chi connectivity index (χ1) is 13.1. The Kier molecular flexibility index (Phi) is 6.08. The second-order valence-corrected chi connectivity index (χ2v) is 7.09. The average molecular weight is 379 g/mol. The standard InChI is InChI=1S/C21H21N3O2S/c1-3-16-6-8-17(9-7-16)23-19(25)14-27-20-21(26)24(13-12-22-20)18-10-4-15(2)5-11-18/h4-13H,3,14H2,1-2H3,(H,23,25). The third kappa shape index (κ3) is 4.86. The Bertz CT molecular complexity index is 980. The van der Waals surface area contributed by atoms with Gasteiger partial charge in [-0.2, -0.15) is 0 Å². The number of aromatic nitrogens is 2. The molecule has 0 aliphatic heterocycles. The van der Waals surface area contributed by atoms with E-state index < -0.39 is 0 Å². The summed E-state index contributed by atoms with van der Waals surface area (Å²) in [6.07, 6.45) is 4.16. The molecule has 0 spiro atoms. The number of nitrogens with one attached hydrogen (secondary N) is 1. The van der Waals surface area contributed by atoms with Gasteiger partial charge in [0.05, 0.1) is 5.75 Å². The van der Waals surface area contributed by atoms with Crippen LogP contribution in [0.15, 0.2) is 70.7 Å². The quantitative estimate of drug-likeness (QED) is 0.661. The zero-order valence-corrected chi connectivity index (χ0v) is 16.1. The van der Waals surface area contributed by atoms with Gasteiger partial charge in [0.15, 0.2) is 5.03 Å². The van der Waals surface area contributed by atoms with Gasteiger partial charge in [0, 0.05) is 23.8 Å². The van der Waals surface area contributed by atoms with Crippen molar-refractivity contribution in [2.24, 2.45) is 0 Å². The van der Waals surface area contributed by atoms with E-state index in [9.17, 15) is 9.59 Å². The number of carbonyl (C=O) groups excluding carboxylic acids is 1. The number of amides is 1. The predicted octanol–water partition coefficient (Wildman–Crippen LogP) is 3.83. The zero-order chi connectivity index (χ0) is 19.2. The fourth-order valence-electron chi connectivity index (χ4n) is 2.56. The molecule has 0 radical (unpaired) electrons. The Morgan fingerprint density at radius 2 is 1.81 bits per heavy atom. The lowest BCUT2D eigenvalue weighted by Crippen LogP contribution is -2.22. The maximum absolute atomic E-state index is 12.6. The van der Waals surface area contributed by atoms with Crippen LogP contribution in [0.3, 0.4) is 0 Å². The number of benzene rings is 2. The van der Waals surface area contributed by atoms with Gasteiger partial charge < -0.3 is 5.32 Å². The van der Waals surface area contributed by atoms with E-state index in [0.29, 0.717) is 5.03 Å². The van der Waals surface area contributed by atoms with Crippen LogP contribution < -0.4 is 10.9 Å². The van der Waals surface area contributed by atoms with Crippen molar-refractivity contribution in [2.75, 3.05) is 11.1 Å². The molecule has 1 heterocycles. The molecular formula is C21H21N3O2S. The van der Waals surface area contributed by atoms with Crippen molar-refractivity contribution in [3.8, 4) is 5.69 Å². The lowest BCUT2D eigenvalue weighted by molar-refractivity contribution is -0.113. The summed E-state index contributed by atoms with van der Waals surface area (Å²) in [5.74, 6) is -0.0495. The average Bonchev–Trinajstić information content (AvgIpc) is 2.68. The summed E-state index contributed by atoms with van der Waals surface area (Å²) < 4.78 is 1.54. The molecule has 3 aromatic rings. The van der Waals surface area contributed by atoms with Crippen LogP contribution >= 0.6 is 11.8 Å². The fraction of sp³-hybridized carbons (Fsp3) is 0.190. The molecule has 5 nitrogen and oxygen atoms in total. The number of carbonyl (C=O) groups is 1. The van der Waals surface area contributed by atoms with E-state index in [4.69, 9.17) is 0 Å². The largest absolute Gasteiger partial charge is 0.325 e. The van der Waals surface area contributed by atoms with E-state index in [0.717, 1.165) is 35.1 Å². The molecule has 1 N–H and O–H groups in total. The first kappa shape index (κ1) is 18.9. The van der Waals surface area contributed by atoms with Gasteiger partial charge in [0.2, 0.25) is 5.91 Å². The maximum Gasteiger partial charge on any atom is 0.287 e. The molecule has 27 heavy (non-hydrogen) atoms. The molecule has 3 rings (SSSR count). The molecule has 0 unspecified atom stereocenters. The van der Waals surface area contributed by atoms with Crippen molar-refractivity contribution < 1.29 is 4.79 Å². The summed E-state index contributed by atoms with van der Waals surface area (Å²) in [6.45, 7) is 4.08. The molecule has 1 aromatic heterocycles. The molecule has 0 atom stereocenters. The summed E-state index contributed by atoms with van der Waals surface area (Å²) >= 11 is 1.14. The summed E-state index contributed by atoms with van der Waals surface area (Å²) in [5, 5.41) is 3.14. The number of rotatable bonds is 6. The van der Waals surface area contributed by atoms with E-state index in [2.05, 4.69) is 17.2 Å². The maximum atomic E-state index is 12.6. The summed E-state index contributed by atoms with van der Waals surface area (Å²) in [7, 11) is 0. The van der Waals surface area contributed by atoms with Crippen LogP contribution in [0.5, 0.6) is 0 Å². The third-order valence-electron chi connectivity index (χ3n) is 4.11. The van der Waals surface area contributed by atoms with Gasteiger partial charge in [-0.1, -0.05) is 48.5 Å². The highest BCUT2D eigenvalue weighted by Crippen LogP contribution is 2.14. The molecule has 0 fully saturated rings. The van der Waals surface area contributed by atoms with E-state index in [1.54, 1.807) is 12.4 Å². The fourth-order valence-corrected chi connectivity index (χ4v) is 3.25. The summed E-state index contributed by atoms with van der Waals surface area (Å²) in [5.41, 5.74) is 3.63. The molecule has 0 aliphatic rings. The van der Waals surface area contributed by atoms with Gasteiger partial charge in [0.1, 0.15) is 0 Å². The molecule has 0 aliphatic carbocycles. The molecule has 0 saturated carbocycles. The number of nitrogens with zero attached hydrogens (tertiary/aromatic N) is 2. The van der Waals surface area contributed by atoms with Crippen LogP contribution in [0.25, 0.3) is 5.69 Å². The van der Waals surface area contributed by atoms with E-state index in [1.165, 1.54) is 10.1 Å². The monoisotopic (exact) mass is 379 g/mol. The molecule has 138 valence electrons. The number of aryl methyl sites for hydroxylation is 2. The molecule has 0 bridgehead atoms. The van der Waals surface area contributed by atoms with Crippen LogP contribution in [0.4, 0.5) is 5.69 Å². The Balaban J connectivity index is 1.67. The van der Waals surface area contributed by atoms with Gasteiger partial charge in [-0.3, -0.25) is 14.2 Å². The number of hydrogen-bond donors (Lipinski definition) is 1. The van der Waals surface area contributed by atoms with Gasteiger partial charge in [-0.05, 0) is 43.2 Å². The molecule has 1 amide bonds.